The number of aromatic nitrogens is 1. The minimum Gasteiger partial charge on any atom is -0.371 e. The minimum atomic E-state index is 0.0940. The molecule has 1 saturated heterocycles. The Hall–Kier alpha value is -2.88. The van der Waals surface area contributed by atoms with Crippen LogP contribution < -0.4 is 10.2 Å². The fraction of sp³-hybridized carbons (Fsp3) is 0.333. The number of nitrogens with one attached hydrogen (secondary N) is 1. The summed E-state index contributed by atoms with van der Waals surface area (Å²) in [6, 6.07) is 16.8. The van der Waals surface area contributed by atoms with Gasteiger partial charge in [-0.15, -0.1) is 0 Å². The van der Waals surface area contributed by atoms with E-state index < -0.39 is 0 Å². The van der Waals surface area contributed by atoms with Crippen LogP contribution >= 0.6 is 0 Å². The van der Waals surface area contributed by atoms with Gasteiger partial charge in [-0.3, -0.25) is 9.78 Å². The number of hydrogen-bond donors (Lipinski definition) is 1. The van der Waals surface area contributed by atoms with E-state index in [1.54, 1.807) is 0 Å². The zero-order chi connectivity index (χ0) is 19.5. The number of hydrogen-bond acceptors (Lipinski definition) is 3. The lowest BCUT2D eigenvalue weighted by Gasteiger charge is -2.33. The number of para-hydroxylation sites is 1. The van der Waals surface area contributed by atoms with E-state index >= 15 is 0 Å². The molecular formula is C24H27N3O. The van der Waals surface area contributed by atoms with Crippen LogP contribution in [0.4, 0.5) is 5.69 Å². The van der Waals surface area contributed by atoms with Crippen molar-refractivity contribution in [2.24, 2.45) is 5.92 Å². The molecule has 0 aliphatic carbocycles. The fourth-order valence-electron chi connectivity index (χ4n) is 4.01. The van der Waals surface area contributed by atoms with Crippen molar-refractivity contribution < 1.29 is 4.79 Å². The van der Waals surface area contributed by atoms with Gasteiger partial charge in [-0.25, -0.2) is 0 Å². The predicted octanol–water partition coefficient (Wildman–Crippen LogP) is 4.38. The number of aryl methyl sites for hydroxylation is 2. The molecule has 1 fully saturated rings. The molecule has 1 aliphatic heterocycles. The average Bonchev–Trinajstić information content (AvgIpc) is 2.73. The first-order valence-corrected chi connectivity index (χ1v) is 10.0. The van der Waals surface area contributed by atoms with Gasteiger partial charge in [0.2, 0.25) is 5.91 Å². The molecule has 0 spiro atoms. The van der Waals surface area contributed by atoms with Crippen LogP contribution in [0, 0.1) is 19.8 Å². The highest BCUT2D eigenvalue weighted by molar-refractivity contribution is 5.93. The number of rotatable bonds is 4. The van der Waals surface area contributed by atoms with Crippen LogP contribution in [-0.2, 0) is 11.3 Å². The zero-order valence-corrected chi connectivity index (χ0v) is 16.6. The molecule has 3 aromatic rings. The molecule has 1 aromatic heterocycles. The summed E-state index contributed by atoms with van der Waals surface area (Å²) in [4.78, 5) is 19.5. The summed E-state index contributed by atoms with van der Waals surface area (Å²) in [6.07, 6.45) is 3.66. The Bertz CT molecular complexity index is 973. The molecule has 0 bridgehead atoms. The number of carbonyl (C=O) groups is 1. The smallest absolute Gasteiger partial charge is 0.223 e. The van der Waals surface area contributed by atoms with Crippen LogP contribution in [0.3, 0.4) is 0 Å². The zero-order valence-electron chi connectivity index (χ0n) is 16.6. The molecule has 2 heterocycles. The van der Waals surface area contributed by atoms with Gasteiger partial charge < -0.3 is 10.2 Å². The Morgan fingerprint density at radius 1 is 1.07 bits per heavy atom. The molecule has 1 aliphatic rings. The summed E-state index contributed by atoms with van der Waals surface area (Å²) < 4.78 is 0. The maximum Gasteiger partial charge on any atom is 0.223 e. The Labute approximate surface area is 166 Å². The van der Waals surface area contributed by atoms with Crippen LogP contribution in [0.25, 0.3) is 10.9 Å². The van der Waals surface area contributed by atoms with Gasteiger partial charge in [0.1, 0.15) is 0 Å². The normalized spacial score (nSPS) is 15.0. The topological polar surface area (TPSA) is 45.2 Å². The first kappa shape index (κ1) is 18.5. The standard InChI is InChI=1S/C24H27N3O/c1-17-6-8-19(9-7-17)16-26-24(28)20-11-14-27(15-12-20)22-10-13-25-23-18(2)4-3-5-21(22)23/h3-10,13,20H,11-12,14-16H2,1-2H3,(H,26,28). The van der Waals surface area contributed by atoms with Crippen molar-refractivity contribution in [1.82, 2.24) is 10.3 Å². The second kappa shape index (κ2) is 8.01. The second-order valence-corrected chi connectivity index (χ2v) is 7.77. The molecule has 144 valence electrons. The van der Waals surface area contributed by atoms with E-state index in [1.165, 1.54) is 22.2 Å². The summed E-state index contributed by atoms with van der Waals surface area (Å²) in [5, 5.41) is 4.31. The molecule has 2 aromatic carbocycles. The molecule has 4 heteroatoms. The van der Waals surface area contributed by atoms with Crippen molar-refractivity contribution in [1.29, 1.82) is 0 Å². The van der Waals surface area contributed by atoms with Gasteiger partial charge in [-0.2, -0.15) is 0 Å². The quantitative estimate of drug-likeness (QED) is 0.738. The van der Waals surface area contributed by atoms with Crippen molar-refractivity contribution >= 4 is 22.5 Å². The van der Waals surface area contributed by atoms with Crippen LogP contribution in [0.5, 0.6) is 0 Å². The molecule has 0 unspecified atom stereocenters. The van der Waals surface area contributed by atoms with Gasteiger partial charge >= 0.3 is 0 Å². The lowest BCUT2D eigenvalue weighted by Crippen LogP contribution is -2.40. The lowest BCUT2D eigenvalue weighted by atomic mass is 9.95. The van der Waals surface area contributed by atoms with Gasteiger partial charge in [0.15, 0.2) is 0 Å². The van der Waals surface area contributed by atoms with Gasteiger partial charge in [0, 0.05) is 42.8 Å². The van der Waals surface area contributed by atoms with Crippen LogP contribution in [0.2, 0.25) is 0 Å². The van der Waals surface area contributed by atoms with Crippen LogP contribution in [0.1, 0.15) is 29.5 Å². The lowest BCUT2D eigenvalue weighted by molar-refractivity contribution is -0.125. The molecular weight excluding hydrogens is 346 g/mol. The van der Waals surface area contributed by atoms with Gasteiger partial charge in [0.25, 0.3) is 0 Å². The number of pyridine rings is 1. The highest BCUT2D eigenvalue weighted by Crippen LogP contribution is 2.30. The third-order valence-corrected chi connectivity index (χ3v) is 5.74. The van der Waals surface area contributed by atoms with Crippen molar-refractivity contribution in [2.45, 2.75) is 33.2 Å². The molecule has 28 heavy (non-hydrogen) atoms. The largest absolute Gasteiger partial charge is 0.371 e. The van der Waals surface area contributed by atoms with E-state index in [-0.39, 0.29) is 11.8 Å². The molecule has 0 atom stereocenters. The minimum absolute atomic E-state index is 0.0940. The van der Waals surface area contributed by atoms with E-state index in [9.17, 15) is 4.79 Å². The Morgan fingerprint density at radius 3 is 2.57 bits per heavy atom. The number of amides is 1. The third kappa shape index (κ3) is 3.86. The number of fused-ring (bicyclic) bond motifs is 1. The second-order valence-electron chi connectivity index (χ2n) is 7.77. The molecule has 0 saturated carbocycles. The molecule has 0 radical (unpaired) electrons. The Kier molecular flexibility index (Phi) is 5.29. The van der Waals surface area contributed by atoms with E-state index in [2.05, 4.69) is 77.6 Å². The maximum atomic E-state index is 12.6. The van der Waals surface area contributed by atoms with Crippen LogP contribution in [0.15, 0.2) is 54.7 Å². The highest BCUT2D eigenvalue weighted by Gasteiger charge is 2.25. The van der Waals surface area contributed by atoms with Gasteiger partial charge in [-0.1, -0.05) is 48.0 Å². The van der Waals surface area contributed by atoms with Crippen LogP contribution in [-0.4, -0.2) is 24.0 Å². The van der Waals surface area contributed by atoms with E-state index in [4.69, 9.17) is 0 Å². The number of benzene rings is 2. The Morgan fingerprint density at radius 2 is 1.82 bits per heavy atom. The number of nitrogens with zero attached hydrogens (tertiary/aromatic N) is 2. The molecule has 4 nitrogen and oxygen atoms in total. The summed E-state index contributed by atoms with van der Waals surface area (Å²) in [5.41, 5.74) is 5.88. The molecule has 1 amide bonds. The van der Waals surface area contributed by atoms with Gasteiger partial charge in [-0.05, 0) is 43.9 Å². The van der Waals surface area contributed by atoms with Gasteiger partial charge in [0.05, 0.1) is 5.52 Å². The number of piperidine rings is 1. The predicted molar refractivity (Wildman–Crippen MR) is 114 cm³/mol. The highest BCUT2D eigenvalue weighted by atomic mass is 16.1. The van der Waals surface area contributed by atoms with Crippen molar-refractivity contribution in [3.05, 3.63) is 71.4 Å². The monoisotopic (exact) mass is 373 g/mol. The third-order valence-electron chi connectivity index (χ3n) is 5.74. The SMILES string of the molecule is Cc1ccc(CNC(=O)C2CCN(c3ccnc4c(C)cccc34)CC2)cc1. The number of carbonyl (C=O) groups excluding carboxylic acids is 1. The van der Waals surface area contributed by atoms with Crippen molar-refractivity contribution in [3.8, 4) is 0 Å². The summed E-state index contributed by atoms with van der Waals surface area (Å²) in [7, 11) is 0. The number of anilines is 1. The first-order chi connectivity index (χ1) is 13.6. The fourth-order valence-corrected chi connectivity index (χ4v) is 4.01. The van der Waals surface area contributed by atoms with E-state index in [0.717, 1.165) is 37.0 Å². The summed E-state index contributed by atoms with van der Waals surface area (Å²) >= 11 is 0. The molecule has 4 rings (SSSR count). The average molecular weight is 374 g/mol. The Balaban J connectivity index is 1.37. The van der Waals surface area contributed by atoms with E-state index in [0.29, 0.717) is 6.54 Å². The van der Waals surface area contributed by atoms with E-state index in [1.807, 2.05) is 6.20 Å². The van der Waals surface area contributed by atoms with Crippen molar-refractivity contribution in [2.75, 3.05) is 18.0 Å². The first-order valence-electron chi connectivity index (χ1n) is 10.0. The summed E-state index contributed by atoms with van der Waals surface area (Å²) in [5.74, 6) is 0.271. The maximum absolute atomic E-state index is 12.6. The molecule has 1 N–H and O–H groups in total. The summed E-state index contributed by atoms with van der Waals surface area (Å²) in [6.45, 7) is 6.58. The van der Waals surface area contributed by atoms with Crippen molar-refractivity contribution in [3.63, 3.8) is 0 Å².